The summed E-state index contributed by atoms with van der Waals surface area (Å²) in [6.45, 7) is 4.27. The number of carbonyl (C=O) groups is 1. The largest absolute Gasteiger partial charge is 0.492 e. The number of rotatable bonds is 5. The summed E-state index contributed by atoms with van der Waals surface area (Å²) in [6, 6.07) is 7.72. The highest BCUT2D eigenvalue weighted by molar-refractivity contribution is 7.90. The zero-order valence-corrected chi connectivity index (χ0v) is 16.8. The number of hydrogen-bond acceptors (Lipinski definition) is 5. The van der Waals surface area contributed by atoms with Crippen LogP contribution in [0.4, 0.5) is 5.69 Å². The molecule has 1 aliphatic heterocycles. The van der Waals surface area contributed by atoms with Gasteiger partial charge in [-0.3, -0.25) is 4.79 Å². The molecule has 27 heavy (non-hydrogen) atoms. The number of hydrogen-bond donors (Lipinski definition) is 1. The van der Waals surface area contributed by atoms with E-state index in [4.69, 9.17) is 21.1 Å². The Morgan fingerprint density at radius 2 is 2.07 bits per heavy atom. The van der Waals surface area contributed by atoms with Gasteiger partial charge in [-0.2, -0.15) is 0 Å². The van der Waals surface area contributed by atoms with E-state index in [1.807, 2.05) is 19.9 Å². The standard InChI is InChI=1S/C19H20ClNO5S/c1-4-25-17-8-13-7-11(2)26-16(13)10-15(17)21-19(22)12-5-6-14(20)18(9-12)27(3,23)24/h5-6,8-11H,4,7H2,1-3H3,(H,21,22). The molecule has 0 aromatic heterocycles. The Kier molecular flexibility index (Phi) is 5.35. The minimum absolute atomic E-state index is 0.0639. The first-order valence-electron chi connectivity index (χ1n) is 8.46. The van der Waals surface area contributed by atoms with Crippen molar-refractivity contribution < 1.29 is 22.7 Å². The fourth-order valence-corrected chi connectivity index (χ4v) is 4.24. The fourth-order valence-electron chi connectivity index (χ4n) is 2.94. The van der Waals surface area contributed by atoms with Crippen LogP contribution < -0.4 is 14.8 Å². The molecule has 6 nitrogen and oxygen atoms in total. The highest BCUT2D eigenvalue weighted by Gasteiger charge is 2.23. The summed E-state index contributed by atoms with van der Waals surface area (Å²) in [7, 11) is -3.55. The topological polar surface area (TPSA) is 81.7 Å². The van der Waals surface area contributed by atoms with Crippen molar-refractivity contribution in [2.75, 3.05) is 18.2 Å². The molecule has 1 N–H and O–H groups in total. The molecule has 1 heterocycles. The second-order valence-corrected chi connectivity index (χ2v) is 8.78. The van der Waals surface area contributed by atoms with Gasteiger partial charge < -0.3 is 14.8 Å². The van der Waals surface area contributed by atoms with Gasteiger partial charge in [0.2, 0.25) is 0 Å². The summed E-state index contributed by atoms with van der Waals surface area (Å²) in [5.41, 5.74) is 1.66. The number of benzene rings is 2. The number of amides is 1. The van der Waals surface area contributed by atoms with Crippen LogP contribution in [0.1, 0.15) is 29.8 Å². The summed E-state index contributed by atoms with van der Waals surface area (Å²) in [5, 5.41) is 2.85. The normalized spacial score (nSPS) is 15.8. The van der Waals surface area contributed by atoms with Gasteiger partial charge in [-0.05, 0) is 38.1 Å². The van der Waals surface area contributed by atoms with Crippen LogP contribution in [0.2, 0.25) is 5.02 Å². The van der Waals surface area contributed by atoms with Crippen molar-refractivity contribution in [2.45, 2.75) is 31.3 Å². The van der Waals surface area contributed by atoms with E-state index in [1.54, 1.807) is 6.07 Å². The minimum atomic E-state index is -3.55. The molecule has 8 heteroatoms. The molecule has 2 aromatic rings. The van der Waals surface area contributed by atoms with Gasteiger partial charge in [0.15, 0.2) is 9.84 Å². The van der Waals surface area contributed by atoms with Crippen LogP contribution >= 0.6 is 11.6 Å². The van der Waals surface area contributed by atoms with Crippen molar-refractivity contribution in [3.05, 3.63) is 46.5 Å². The first-order valence-corrected chi connectivity index (χ1v) is 10.7. The van der Waals surface area contributed by atoms with Gasteiger partial charge in [0.05, 0.1) is 22.2 Å². The number of anilines is 1. The van der Waals surface area contributed by atoms with Crippen LogP contribution in [0, 0.1) is 0 Å². The lowest BCUT2D eigenvalue weighted by atomic mass is 10.1. The highest BCUT2D eigenvalue weighted by Crippen LogP contribution is 2.38. The number of fused-ring (bicyclic) bond motifs is 1. The Labute approximate surface area is 163 Å². The molecule has 3 rings (SSSR count). The lowest BCUT2D eigenvalue weighted by molar-refractivity contribution is 0.102. The molecule has 0 saturated carbocycles. The first kappa shape index (κ1) is 19.5. The maximum atomic E-state index is 12.7. The van der Waals surface area contributed by atoms with Crippen molar-refractivity contribution in [1.82, 2.24) is 0 Å². The average Bonchev–Trinajstić information content (AvgIpc) is 2.93. The predicted octanol–water partition coefficient (Wildman–Crippen LogP) is 3.72. The van der Waals surface area contributed by atoms with E-state index in [-0.39, 0.29) is 21.6 Å². The average molecular weight is 410 g/mol. The molecule has 1 aliphatic rings. The maximum absolute atomic E-state index is 12.7. The number of ether oxygens (including phenoxy) is 2. The third kappa shape index (κ3) is 4.20. The number of nitrogens with one attached hydrogen (secondary N) is 1. The number of sulfone groups is 1. The minimum Gasteiger partial charge on any atom is -0.492 e. The molecule has 0 saturated heterocycles. The second kappa shape index (κ2) is 7.40. The Morgan fingerprint density at radius 3 is 2.74 bits per heavy atom. The number of carbonyl (C=O) groups excluding carboxylic acids is 1. The summed E-state index contributed by atoms with van der Waals surface area (Å²) in [5.74, 6) is 0.775. The molecule has 0 radical (unpaired) electrons. The highest BCUT2D eigenvalue weighted by atomic mass is 35.5. The van der Waals surface area contributed by atoms with Gasteiger partial charge in [0.25, 0.3) is 5.91 Å². The van der Waals surface area contributed by atoms with Gasteiger partial charge in [-0.1, -0.05) is 11.6 Å². The molecule has 0 fully saturated rings. The lowest BCUT2D eigenvalue weighted by Gasteiger charge is -2.14. The third-order valence-corrected chi connectivity index (χ3v) is 5.72. The molecule has 1 unspecified atom stereocenters. The van der Waals surface area contributed by atoms with Crippen LogP contribution in [0.3, 0.4) is 0 Å². The van der Waals surface area contributed by atoms with Gasteiger partial charge in [-0.25, -0.2) is 8.42 Å². The van der Waals surface area contributed by atoms with E-state index in [1.165, 1.54) is 18.2 Å². The zero-order chi connectivity index (χ0) is 19.8. The Balaban J connectivity index is 1.94. The van der Waals surface area contributed by atoms with E-state index in [9.17, 15) is 13.2 Å². The van der Waals surface area contributed by atoms with Gasteiger partial charge >= 0.3 is 0 Å². The second-order valence-electron chi connectivity index (χ2n) is 6.39. The Morgan fingerprint density at radius 1 is 1.33 bits per heavy atom. The lowest BCUT2D eigenvalue weighted by Crippen LogP contribution is -2.14. The van der Waals surface area contributed by atoms with Gasteiger partial charge in [0, 0.05) is 29.9 Å². The summed E-state index contributed by atoms with van der Waals surface area (Å²) in [4.78, 5) is 12.6. The van der Waals surface area contributed by atoms with Gasteiger partial charge in [0.1, 0.15) is 17.6 Å². The first-order chi connectivity index (χ1) is 12.7. The summed E-state index contributed by atoms with van der Waals surface area (Å²) < 4.78 is 35.1. The van der Waals surface area contributed by atoms with Crippen molar-refractivity contribution in [3.8, 4) is 11.5 Å². The van der Waals surface area contributed by atoms with Crippen LogP contribution in [-0.4, -0.2) is 33.3 Å². The maximum Gasteiger partial charge on any atom is 0.255 e. The van der Waals surface area contributed by atoms with E-state index >= 15 is 0 Å². The molecule has 1 amide bonds. The molecule has 0 bridgehead atoms. The van der Waals surface area contributed by atoms with Crippen LogP contribution in [0.15, 0.2) is 35.2 Å². The van der Waals surface area contributed by atoms with Crippen molar-refractivity contribution >= 4 is 33.0 Å². The molecule has 1 atom stereocenters. The SMILES string of the molecule is CCOc1cc2c(cc1NC(=O)c1ccc(Cl)c(S(C)(=O)=O)c1)OC(C)C2. The molecule has 144 valence electrons. The van der Waals surface area contributed by atoms with Crippen molar-refractivity contribution in [2.24, 2.45) is 0 Å². The van der Waals surface area contributed by atoms with Crippen molar-refractivity contribution in [1.29, 1.82) is 0 Å². The number of halogens is 1. The van der Waals surface area contributed by atoms with Gasteiger partial charge in [-0.15, -0.1) is 0 Å². The Hall–Kier alpha value is -2.25. The zero-order valence-electron chi connectivity index (χ0n) is 15.2. The van der Waals surface area contributed by atoms with Crippen LogP contribution in [0.5, 0.6) is 11.5 Å². The van der Waals surface area contributed by atoms with Crippen molar-refractivity contribution in [3.63, 3.8) is 0 Å². The fraction of sp³-hybridized carbons (Fsp3) is 0.316. The Bertz CT molecular complexity index is 1000. The van der Waals surface area contributed by atoms with Crippen LogP contribution in [0.25, 0.3) is 0 Å². The quantitative estimate of drug-likeness (QED) is 0.813. The monoisotopic (exact) mass is 409 g/mol. The van der Waals surface area contributed by atoms with E-state index < -0.39 is 15.7 Å². The summed E-state index contributed by atoms with van der Waals surface area (Å²) in [6.07, 6.45) is 1.88. The molecular weight excluding hydrogens is 390 g/mol. The van der Waals surface area contributed by atoms with E-state index in [2.05, 4.69) is 5.32 Å². The molecule has 0 spiro atoms. The van der Waals surface area contributed by atoms with Crippen LogP contribution in [-0.2, 0) is 16.3 Å². The molecule has 2 aromatic carbocycles. The molecular formula is C19H20ClNO5S. The molecule has 0 aliphatic carbocycles. The predicted molar refractivity (Wildman–Crippen MR) is 104 cm³/mol. The third-order valence-electron chi connectivity index (χ3n) is 4.14. The van der Waals surface area contributed by atoms with E-state index in [0.29, 0.717) is 23.8 Å². The smallest absolute Gasteiger partial charge is 0.255 e. The summed E-state index contributed by atoms with van der Waals surface area (Å²) >= 11 is 5.94. The van der Waals surface area contributed by atoms with E-state index in [0.717, 1.165) is 18.2 Å².